The second-order valence-electron chi connectivity index (χ2n) is 5.77. The van der Waals surface area contributed by atoms with Gasteiger partial charge in [0, 0.05) is 12.4 Å². The molecule has 1 aromatic carbocycles. The van der Waals surface area contributed by atoms with Gasteiger partial charge in [0.2, 0.25) is 0 Å². The molecule has 0 amide bonds. The highest BCUT2D eigenvalue weighted by atomic mass is 15.3. The molecule has 0 N–H and O–H groups in total. The number of hydrogen-bond acceptors (Lipinski definition) is 5. The summed E-state index contributed by atoms with van der Waals surface area (Å²) >= 11 is 0. The third kappa shape index (κ3) is 2.54. The zero-order valence-electron chi connectivity index (χ0n) is 13.5. The van der Waals surface area contributed by atoms with Crippen molar-refractivity contribution in [2.75, 3.05) is 0 Å². The number of para-hydroxylation sites is 2. The number of fused-ring (bicyclic) bond motifs is 1. The zero-order chi connectivity index (χ0) is 16.5. The van der Waals surface area contributed by atoms with Crippen molar-refractivity contribution in [3.05, 3.63) is 55.0 Å². The fourth-order valence-electron chi connectivity index (χ4n) is 2.84. The van der Waals surface area contributed by atoms with Gasteiger partial charge >= 0.3 is 0 Å². The zero-order valence-corrected chi connectivity index (χ0v) is 13.5. The van der Waals surface area contributed by atoms with Gasteiger partial charge in [0.05, 0.1) is 29.3 Å². The van der Waals surface area contributed by atoms with Gasteiger partial charge in [0.15, 0.2) is 5.82 Å². The van der Waals surface area contributed by atoms with Crippen molar-refractivity contribution in [2.24, 2.45) is 0 Å². The van der Waals surface area contributed by atoms with E-state index in [1.54, 1.807) is 18.9 Å². The average Bonchev–Trinajstić information content (AvgIpc) is 3.25. The second-order valence-corrected chi connectivity index (χ2v) is 5.77. The Morgan fingerprint density at radius 1 is 1.12 bits per heavy atom. The van der Waals surface area contributed by atoms with Crippen molar-refractivity contribution in [1.82, 2.24) is 34.3 Å². The summed E-state index contributed by atoms with van der Waals surface area (Å²) in [6.07, 6.45) is 7.02. The van der Waals surface area contributed by atoms with Crippen LogP contribution in [0.1, 0.15) is 18.7 Å². The summed E-state index contributed by atoms with van der Waals surface area (Å²) in [4.78, 5) is 18.0. The van der Waals surface area contributed by atoms with E-state index in [9.17, 15) is 0 Å². The Morgan fingerprint density at radius 2 is 1.92 bits per heavy atom. The number of aromatic nitrogens is 7. The molecule has 24 heavy (non-hydrogen) atoms. The molecule has 3 aromatic heterocycles. The Kier molecular flexibility index (Phi) is 3.53. The average molecular weight is 319 g/mol. The van der Waals surface area contributed by atoms with E-state index >= 15 is 0 Å². The molecular weight excluding hydrogens is 302 g/mol. The third-order valence-corrected chi connectivity index (χ3v) is 4.02. The van der Waals surface area contributed by atoms with Crippen molar-refractivity contribution in [3.63, 3.8) is 0 Å². The fourth-order valence-corrected chi connectivity index (χ4v) is 2.84. The Bertz CT molecular complexity index is 972. The largest absolute Gasteiger partial charge is 0.325 e. The van der Waals surface area contributed by atoms with Crippen LogP contribution in [-0.2, 0) is 6.54 Å². The molecule has 0 aliphatic heterocycles. The standard InChI is InChI=1S/C17H17N7/c1-12(9-23-11-18-10-20-23)24-8-7-19-17(24)16-13(2)21-14-5-3-4-6-15(14)22-16/h3-8,10-12H,9H2,1-2H3. The first-order valence-corrected chi connectivity index (χ1v) is 7.81. The number of imidazole rings is 1. The maximum Gasteiger partial charge on any atom is 0.160 e. The molecule has 1 unspecified atom stereocenters. The van der Waals surface area contributed by atoms with Crippen molar-refractivity contribution in [3.8, 4) is 11.5 Å². The highest BCUT2D eigenvalue weighted by Gasteiger charge is 2.17. The maximum absolute atomic E-state index is 4.78. The molecule has 3 heterocycles. The molecule has 0 radical (unpaired) electrons. The van der Waals surface area contributed by atoms with Gasteiger partial charge in [-0.3, -0.25) is 4.68 Å². The van der Waals surface area contributed by atoms with E-state index in [1.165, 1.54) is 0 Å². The monoisotopic (exact) mass is 319 g/mol. The highest BCUT2D eigenvalue weighted by Crippen LogP contribution is 2.24. The van der Waals surface area contributed by atoms with E-state index in [1.807, 2.05) is 42.1 Å². The Hall–Kier alpha value is -3.09. The molecule has 0 fully saturated rings. The molecular formula is C17H17N7. The predicted molar refractivity (Wildman–Crippen MR) is 90.2 cm³/mol. The quantitative estimate of drug-likeness (QED) is 0.578. The Labute approximate surface area is 139 Å². The molecule has 0 spiro atoms. The van der Waals surface area contributed by atoms with Crippen LogP contribution in [0.25, 0.3) is 22.6 Å². The van der Waals surface area contributed by atoms with Crippen LogP contribution in [0.4, 0.5) is 0 Å². The molecule has 0 saturated carbocycles. The number of rotatable bonds is 4. The first-order chi connectivity index (χ1) is 11.7. The molecule has 120 valence electrons. The number of hydrogen-bond donors (Lipinski definition) is 0. The predicted octanol–water partition coefficient (Wildman–Crippen LogP) is 2.65. The molecule has 0 aliphatic carbocycles. The summed E-state index contributed by atoms with van der Waals surface area (Å²) < 4.78 is 3.92. The Balaban J connectivity index is 1.75. The second kappa shape index (κ2) is 5.84. The normalized spacial score (nSPS) is 12.6. The minimum absolute atomic E-state index is 0.164. The van der Waals surface area contributed by atoms with E-state index in [0.29, 0.717) is 6.54 Å². The molecule has 0 saturated heterocycles. The maximum atomic E-state index is 4.78. The summed E-state index contributed by atoms with van der Waals surface area (Å²) in [6, 6.07) is 8.04. The number of benzene rings is 1. The topological polar surface area (TPSA) is 74.3 Å². The SMILES string of the molecule is Cc1nc2ccccc2nc1-c1nccn1C(C)Cn1cncn1. The summed E-state index contributed by atoms with van der Waals surface area (Å²) in [5, 5.41) is 4.17. The first-order valence-electron chi connectivity index (χ1n) is 7.81. The van der Waals surface area contributed by atoms with Crippen molar-refractivity contribution < 1.29 is 0 Å². The summed E-state index contributed by atoms with van der Waals surface area (Å²) in [6.45, 7) is 4.80. The van der Waals surface area contributed by atoms with Gasteiger partial charge < -0.3 is 4.57 Å². The summed E-state index contributed by atoms with van der Waals surface area (Å²) in [5.74, 6) is 0.818. The van der Waals surface area contributed by atoms with Crippen molar-refractivity contribution in [1.29, 1.82) is 0 Å². The van der Waals surface area contributed by atoms with Crippen LogP contribution < -0.4 is 0 Å². The van der Waals surface area contributed by atoms with E-state index in [2.05, 4.69) is 31.5 Å². The van der Waals surface area contributed by atoms with Crippen molar-refractivity contribution in [2.45, 2.75) is 26.4 Å². The van der Waals surface area contributed by atoms with Gasteiger partial charge in [-0.25, -0.2) is 19.9 Å². The lowest BCUT2D eigenvalue weighted by Gasteiger charge is -2.16. The van der Waals surface area contributed by atoms with Crippen LogP contribution in [0.2, 0.25) is 0 Å². The molecule has 0 bridgehead atoms. The van der Waals surface area contributed by atoms with Crippen LogP contribution in [0, 0.1) is 6.92 Å². The van der Waals surface area contributed by atoms with Gasteiger partial charge in [-0.1, -0.05) is 12.1 Å². The van der Waals surface area contributed by atoms with Crippen LogP contribution in [0.5, 0.6) is 0 Å². The molecule has 7 heteroatoms. The van der Waals surface area contributed by atoms with E-state index in [-0.39, 0.29) is 6.04 Å². The summed E-state index contributed by atoms with van der Waals surface area (Å²) in [7, 11) is 0. The van der Waals surface area contributed by atoms with Crippen LogP contribution in [0.15, 0.2) is 49.3 Å². The lowest BCUT2D eigenvalue weighted by Crippen LogP contribution is -2.14. The smallest absolute Gasteiger partial charge is 0.160 e. The number of aryl methyl sites for hydroxylation is 1. The molecule has 0 aliphatic rings. The van der Waals surface area contributed by atoms with Crippen LogP contribution in [-0.4, -0.2) is 34.3 Å². The van der Waals surface area contributed by atoms with Crippen LogP contribution in [0.3, 0.4) is 0 Å². The molecule has 1 atom stereocenters. The van der Waals surface area contributed by atoms with Gasteiger partial charge in [0.1, 0.15) is 18.3 Å². The molecule has 4 rings (SSSR count). The minimum atomic E-state index is 0.164. The van der Waals surface area contributed by atoms with Gasteiger partial charge in [-0.05, 0) is 26.0 Å². The molecule has 4 aromatic rings. The van der Waals surface area contributed by atoms with Crippen molar-refractivity contribution >= 4 is 11.0 Å². The highest BCUT2D eigenvalue weighted by molar-refractivity contribution is 5.77. The van der Waals surface area contributed by atoms with Crippen LogP contribution >= 0.6 is 0 Å². The third-order valence-electron chi connectivity index (χ3n) is 4.02. The minimum Gasteiger partial charge on any atom is -0.325 e. The Morgan fingerprint density at radius 3 is 2.67 bits per heavy atom. The van der Waals surface area contributed by atoms with Gasteiger partial charge in [0.25, 0.3) is 0 Å². The lowest BCUT2D eigenvalue weighted by molar-refractivity contribution is 0.439. The van der Waals surface area contributed by atoms with Gasteiger partial charge in [-0.2, -0.15) is 5.10 Å². The summed E-state index contributed by atoms with van der Waals surface area (Å²) in [5.41, 5.74) is 3.45. The van der Waals surface area contributed by atoms with Gasteiger partial charge in [-0.15, -0.1) is 0 Å². The fraction of sp³-hybridized carbons (Fsp3) is 0.235. The lowest BCUT2D eigenvalue weighted by atomic mass is 10.2. The first kappa shape index (κ1) is 14.5. The number of nitrogens with zero attached hydrogens (tertiary/aromatic N) is 7. The van der Waals surface area contributed by atoms with E-state index in [4.69, 9.17) is 4.98 Å². The molecule has 7 nitrogen and oxygen atoms in total. The van der Waals surface area contributed by atoms with E-state index in [0.717, 1.165) is 28.2 Å². The van der Waals surface area contributed by atoms with E-state index < -0.39 is 0 Å².